The van der Waals surface area contributed by atoms with Crippen LogP contribution in [0.25, 0.3) is 0 Å². The minimum Gasteiger partial charge on any atom is -0.493 e. The number of benzene rings is 2. The van der Waals surface area contributed by atoms with E-state index in [-0.39, 0.29) is 11.7 Å². The van der Waals surface area contributed by atoms with E-state index < -0.39 is 18.6 Å². The summed E-state index contributed by atoms with van der Waals surface area (Å²) in [6.07, 6.45) is 2.42. The van der Waals surface area contributed by atoms with Gasteiger partial charge in [-0.1, -0.05) is 18.2 Å². The largest absolute Gasteiger partial charge is 0.493 e. The fraction of sp³-hybridized carbons (Fsp3) is 0.280. The zero-order chi connectivity index (χ0) is 24.5. The van der Waals surface area contributed by atoms with E-state index in [1.807, 2.05) is 30.3 Å². The molecule has 10 heteroatoms. The maximum Gasteiger partial charge on any atom is 0.341 e. The van der Waals surface area contributed by atoms with Crippen LogP contribution in [0, 0.1) is 0 Å². The number of hydrogen-bond acceptors (Lipinski definition) is 8. The predicted octanol–water partition coefficient (Wildman–Crippen LogP) is 3.17. The lowest BCUT2D eigenvalue weighted by Crippen LogP contribution is -2.33. The van der Waals surface area contributed by atoms with Crippen LogP contribution in [0.3, 0.4) is 0 Å². The number of carbonyl (C=O) groups is 2. The second-order valence-corrected chi connectivity index (χ2v) is 8.34. The average Bonchev–Trinajstić information content (AvgIpc) is 3.34. The Hall–Kier alpha value is -4.34. The van der Waals surface area contributed by atoms with Crippen molar-refractivity contribution in [3.05, 3.63) is 71.2 Å². The summed E-state index contributed by atoms with van der Waals surface area (Å²) in [7, 11) is 3.18. The summed E-state index contributed by atoms with van der Waals surface area (Å²) in [5, 5.41) is 16.5. The number of aromatic nitrogens is 3. The number of rotatable bonds is 7. The Balaban J connectivity index is 1.48. The molecule has 1 aliphatic carbocycles. The van der Waals surface area contributed by atoms with E-state index >= 15 is 0 Å². The first-order chi connectivity index (χ1) is 17.0. The molecular weight excluding hydrogens is 452 g/mol. The molecule has 35 heavy (non-hydrogen) atoms. The molecule has 1 aromatic heterocycles. The molecule has 2 heterocycles. The maximum atomic E-state index is 13.5. The highest BCUT2D eigenvalue weighted by molar-refractivity contribution is 6.00. The smallest absolute Gasteiger partial charge is 0.341 e. The topological polar surface area (TPSA) is 125 Å². The van der Waals surface area contributed by atoms with Crippen LogP contribution in [0.5, 0.6) is 17.2 Å². The van der Waals surface area contributed by atoms with Crippen molar-refractivity contribution in [1.29, 1.82) is 0 Å². The van der Waals surface area contributed by atoms with Crippen molar-refractivity contribution in [3.8, 4) is 17.2 Å². The molecule has 10 nitrogen and oxygen atoms in total. The van der Waals surface area contributed by atoms with Crippen LogP contribution in [0.1, 0.15) is 35.9 Å². The molecule has 2 aromatic carbocycles. The lowest BCUT2D eigenvalue weighted by atomic mass is 9.78. The molecule has 180 valence electrons. The molecular formula is C25H24N4O6. The molecule has 5 rings (SSSR count). The number of Topliss-reactive ketones (excluding diaryl/α,β-unsaturated/α-hetero) is 1. The lowest BCUT2D eigenvalue weighted by Gasteiger charge is -2.35. The van der Waals surface area contributed by atoms with Crippen LogP contribution in [-0.4, -0.2) is 52.5 Å². The van der Waals surface area contributed by atoms with Crippen molar-refractivity contribution in [1.82, 2.24) is 14.8 Å². The SMILES string of the molecule is COc1ccc([C@@H]2CC(=O)C3=C(C2)Nc2ncnn2[C@H]3c2ccc(OCC(=O)O)cc2)cc1OC. The fourth-order valence-electron chi connectivity index (χ4n) is 4.69. The number of carbonyl (C=O) groups excluding carboxylic acids is 1. The van der Waals surface area contributed by atoms with Crippen LogP contribution >= 0.6 is 0 Å². The first-order valence-electron chi connectivity index (χ1n) is 11.1. The Kier molecular flexibility index (Phi) is 5.86. The van der Waals surface area contributed by atoms with Crippen LogP contribution < -0.4 is 19.5 Å². The van der Waals surface area contributed by atoms with E-state index in [0.717, 1.165) is 16.8 Å². The fourth-order valence-corrected chi connectivity index (χ4v) is 4.69. The van der Waals surface area contributed by atoms with Gasteiger partial charge in [-0.05, 0) is 47.7 Å². The van der Waals surface area contributed by atoms with Crippen molar-refractivity contribution in [2.45, 2.75) is 24.8 Å². The number of allylic oxidation sites excluding steroid dienone is 2. The van der Waals surface area contributed by atoms with Gasteiger partial charge in [0.25, 0.3) is 0 Å². The summed E-state index contributed by atoms with van der Waals surface area (Å²) in [6.45, 7) is -0.425. The van der Waals surface area contributed by atoms with Gasteiger partial charge in [0.1, 0.15) is 18.1 Å². The van der Waals surface area contributed by atoms with Crippen molar-refractivity contribution in [2.24, 2.45) is 0 Å². The summed E-state index contributed by atoms with van der Waals surface area (Å²) < 4.78 is 17.7. The molecule has 0 saturated heterocycles. The van der Waals surface area contributed by atoms with Crippen LogP contribution in [0.15, 0.2) is 60.1 Å². The monoisotopic (exact) mass is 476 g/mol. The van der Waals surface area contributed by atoms with E-state index in [2.05, 4.69) is 15.4 Å². The number of nitrogens with one attached hydrogen (secondary N) is 1. The van der Waals surface area contributed by atoms with E-state index in [1.165, 1.54) is 6.33 Å². The highest BCUT2D eigenvalue weighted by atomic mass is 16.5. The van der Waals surface area contributed by atoms with Crippen molar-refractivity contribution in [3.63, 3.8) is 0 Å². The third kappa shape index (κ3) is 4.18. The summed E-state index contributed by atoms with van der Waals surface area (Å²) in [6, 6.07) is 12.3. The number of fused-ring (bicyclic) bond motifs is 1. The summed E-state index contributed by atoms with van der Waals surface area (Å²) >= 11 is 0. The van der Waals surface area contributed by atoms with E-state index in [1.54, 1.807) is 31.0 Å². The first-order valence-corrected chi connectivity index (χ1v) is 11.1. The van der Waals surface area contributed by atoms with Gasteiger partial charge < -0.3 is 24.6 Å². The predicted molar refractivity (Wildman–Crippen MR) is 125 cm³/mol. The standard InChI is InChI=1S/C25H24N4O6/c1-33-20-8-5-15(11-21(20)34-2)16-9-18-23(19(30)10-16)24(29-25(28-18)26-13-27-29)14-3-6-17(7-4-14)35-12-22(31)32/h3-8,11,13,16,24H,9-10,12H2,1-2H3,(H,31,32)(H,26,27,28)/t16-,24-/m0/s1. The van der Waals surface area contributed by atoms with Gasteiger partial charge in [0, 0.05) is 17.7 Å². The van der Waals surface area contributed by atoms with E-state index in [4.69, 9.17) is 19.3 Å². The number of ketones is 1. The Bertz CT molecular complexity index is 1310. The number of hydrogen-bond donors (Lipinski definition) is 2. The van der Waals surface area contributed by atoms with Gasteiger partial charge in [-0.2, -0.15) is 10.1 Å². The van der Waals surface area contributed by atoms with Gasteiger partial charge in [-0.15, -0.1) is 0 Å². The highest BCUT2D eigenvalue weighted by Gasteiger charge is 2.39. The van der Waals surface area contributed by atoms with Crippen molar-refractivity contribution in [2.75, 3.05) is 26.1 Å². The molecule has 0 unspecified atom stereocenters. The highest BCUT2D eigenvalue weighted by Crippen LogP contribution is 2.45. The van der Waals surface area contributed by atoms with Gasteiger partial charge in [0.05, 0.1) is 14.2 Å². The Labute approximate surface area is 201 Å². The number of ether oxygens (including phenoxy) is 3. The Morgan fingerprint density at radius 2 is 1.83 bits per heavy atom. The quantitative estimate of drug-likeness (QED) is 0.529. The number of carboxylic acids is 1. The molecule has 0 bridgehead atoms. The van der Waals surface area contributed by atoms with Crippen LogP contribution in [-0.2, 0) is 9.59 Å². The molecule has 0 saturated carbocycles. The molecule has 0 amide bonds. The molecule has 3 aromatic rings. The number of nitrogens with zero attached hydrogens (tertiary/aromatic N) is 3. The second-order valence-electron chi connectivity index (χ2n) is 8.34. The van der Waals surface area contributed by atoms with Crippen LogP contribution in [0.4, 0.5) is 5.95 Å². The number of methoxy groups -OCH3 is 2. The van der Waals surface area contributed by atoms with E-state index in [0.29, 0.717) is 41.6 Å². The molecule has 1 aliphatic heterocycles. The zero-order valence-electron chi connectivity index (χ0n) is 19.2. The number of aliphatic carboxylic acids is 1. The Morgan fingerprint density at radius 3 is 2.54 bits per heavy atom. The molecule has 2 atom stereocenters. The third-order valence-corrected chi connectivity index (χ3v) is 6.30. The van der Waals surface area contributed by atoms with Crippen molar-refractivity contribution < 1.29 is 28.9 Å². The molecule has 0 fully saturated rings. The van der Waals surface area contributed by atoms with Gasteiger partial charge in [0.2, 0.25) is 5.95 Å². The minimum atomic E-state index is -1.05. The minimum absolute atomic E-state index is 0.0240. The van der Waals surface area contributed by atoms with Gasteiger partial charge >= 0.3 is 5.97 Å². The average molecular weight is 476 g/mol. The Morgan fingerprint density at radius 1 is 1.09 bits per heavy atom. The van der Waals surface area contributed by atoms with E-state index in [9.17, 15) is 9.59 Å². The second kappa shape index (κ2) is 9.13. The van der Waals surface area contributed by atoms with Crippen LogP contribution in [0.2, 0.25) is 0 Å². The molecule has 2 aliphatic rings. The van der Waals surface area contributed by atoms with Gasteiger partial charge in [0.15, 0.2) is 23.9 Å². The zero-order valence-corrected chi connectivity index (χ0v) is 19.2. The normalized spacial score (nSPS) is 18.9. The maximum absolute atomic E-state index is 13.5. The molecule has 2 N–H and O–H groups in total. The molecule has 0 radical (unpaired) electrons. The number of carboxylic acid groups (broad SMARTS) is 1. The third-order valence-electron chi connectivity index (χ3n) is 6.30. The van der Waals surface area contributed by atoms with Crippen molar-refractivity contribution >= 4 is 17.7 Å². The summed E-state index contributed by atoms with van der Waals surface area (Å²) in [4.78, 5) is 28.7. The van der Waals surface area contributed by atoms with Gasteiger partial charge in [-0.25, -0.2) is 9.48 Å². The summed E-state index contributed by atoms with van der Waals surface area (Å²) in [5.41, 5.74) is 3.29. The first kappa shape index (κ1) is 22.5. The summed E-state index contributed by atoms with van der Waals surface area (Å²) in [5.74, 6) is 1.19. The van der Waals surface area contributed by atoms with Gasteiger partial charge in [-0.3, -0.25) is 4.79 Å². The molecule has 0 spiro atoms. The number of anilines is 1. The lowest BCUT2D eigenvalue weighted by molar-refractivity contribution is -0.139.